The summed E-state index contributed by atoms with van der Waals surface area (Å²) < 4.78 is 3.42. The molecular formula is C20H27N3S. The van der Waals surface area contributed by atoms with Gasteiger partial charge >= 0.3 is 0 Å². The molecule has 0 radical (unpaired) electrons. The zero-order valence-corrected chi connectivity index (χ0v) is 15.7. The standard InChI is InChI=1S/C20H27N3S/c1-5-15-7-6-8-17(13-15)16-9-11-18(12-10-16)24-23-20(2,3)19(21)14-22-4/h6-14,22-23H,5,21H2,1-4H3/b19-14-. The molecule has 0 bridgehead atoms. The molecule has 2 rings (SSSR count). The Kier molecular flexibility index (Phi) is 6.35. The van der Waals surface area contributed by atoms with Gasteiger partial charge in [0.25, 0.3) is 0 Å². The van der Waals surface area contributed by atoms with Gasteiger partial charge in [0, 0.05) is 23.8 Å². The molecule has 0 aromatic heterocycles. The van der Waals surface area contributed by atoms with Crippen molar-refractivity contribution in [1.82, 2.24) is 10.0 Å². The number of hydrogen-bond donors (Lipinski definition) is 3. The lowest BCUT2D eigenvalue weighted by atomic mass is 10.0. The van der Waals surface area contributed by atoms with E-state index in [2.05, 4.69) is 79.3 Å². The van der Waals surface area contributed by atoms with E-state index < -0.39 is 0 Å². The van der Waals surface area contributed by atoms with Crippen molar-refractivity contribution in [2.75, 3.05) is 7.05 Å². The van der Waals surface area contributed by atoms with Crippen LogP contribution in [0.15, 0.2) is 65.3 Å². The Morgan fingerprint density at radius 2 is 1.83 bits per heavy atom. The van der Waals surface area contributed by atoms with E-state index in [-0.39, 0.29) is 5.54 Å². The van der Waals surface area contributed by atoms with Crippen molar-refractivity contribution in [3.63, 3.8) is 0 Å². The molecule has 0 saturated heterocycles. The molecule has 4 heteroatoms. The minimum absolute atomic E-state index is 0.290. The normalized spacial score (nSPS) is 12.2. The molecule has 0 atom stereocenters. The van der Waals surface area contributed by atoms with Gasteiger partial charge in [-0.25, -0.2) is 4.72 Å². The van der Waals surface area contributed by atoms with Crippen LogP contribution in [0.1, 0.15) is 26.3 Å². The van der Waals surface area contributed by atoms with Crippen LogP contribution >= 0.6 is 11.9 Å². The van der Waals surface area contributed by atoms with Gasteiger partial charge in [0.05, 0.1) is 5.54 Å². The fourth-order valence-corrected chi connectivity index (χ4v) is 3.03. The Labute approximate surface area is 149 Å². The van der Waals surface area contributed by atoms with E-state index in [1.54, 1.807) is 11.9 Å². The van der Waals surface area contributed by atoms with Gasteiger partial charge in [-0.1, -0.05) is 43.3 Å². The lowest BCUT2D eigenvalue weighted by Crippen LogP contribution is -2.40. The highest BCUT2D eigenvalue weighted by atomic mass is 32.2. The van der Waals surface area contributed by atoms with E-state index in [4.69, 9.17) is 5.73 Å². The van der Waals surface area contributed by atoms with Crippen LogP contribution < -0.4 is 15.8 Å². The fraction of sp³-hybridized carbons (Fsp3) is 0.300. The molecule has 0 fully saturated rings. The first kappa shape index (κ1) is 18.4. The molecule has 0 aliphatic heterocycles. The summed E-state index contributed by atoms with van der Waals surface area (Å²) in [6.07, 6.45) is 2.87. The van der Waals surface area contributed by atoms with E-state index >= 15 is 0 Å². The van der Waals surface area contributed by atoms with Crippen LogP contribution in [-0.2, 0) is 6.42 Å². The van der Waals surface area contributed by atoms with Crippen molar-refractivity contribution < 1.29 is 0 Å². The molecule has 24 heavy (non-hydrogen) atoms. The van der Waals surface area contributed by atoms with Crippen LogP contribution in [0.2, 0.25) is 0 Å². The quantitative estimate of drug-likeness (QED) is 0.657. The molecule has 2 aromatic rings. The molecule has 2 aromatic carbocycles. The Morgan fingerprint density at radius 1 is 1.12 bits per heavy atom. The second kappa shape index (κ2) is 8.27. The minimum atomic E-state index is -0.290. The van der Waals surface area contributed by atoms with Crippen LogP contribution in [0.4, 0.5) is 0 Å². The predicted octanol–water partition coefficient (Wildman–Crippen LogP) is 4.31. The van der Waals surface area contributed by atoms with Gasteiger partial charge in [-0.2, -0.15) is 0 Å². The maximum absolute atomic E-state index is 6.08. The van der Waals surface area contributed by atoms with Crippen molar-refractivity contribution in [2.45, 2.75) is 37.6 Å². The monoisotopic (exact) mass is 341 g/mol. The van der Waals surface area contributed by atoms with Crippen molar-refractivity contribution in [3.05, 3.63) is 66.0 Å². The van der Waals surface area contributed by atoms with Gasteiger partial charge in [0.1, 0.15) is 0 Å². The maximum Gasteiger partial charge on any atom is 0.0636 e. The maximum atomic E-state index is 6.08. The first-order valence-electron chi connectivity index (χ1n) is 8.23. The van der Waals surface area contributed by atoms with Crippen LogP contribution in [0.3, 0.4) is 0 Å². The summed E-state index contributed by atoms with van der Waals surface area (Å²) in [5.74, 6) is 0. The molecule has 0 heterocycles. The van der Waals surface area contributed by atoms with Crippen LogP contribution in [0.5, 0.6) is 0 Å². The average molecular weight is 342 g/mol. The minimum Gasteiger partial charge on any atom is -0.399 e. The highest BCUT2D eigenvalue weighted by Crippen LogP contribution is 2.26. The Balaban J connectivity index is 2.06. The van der Waals surface area contributed by atoms with Gasteiger partial charge in [0.15, 0.2) is 0 Å². The third-order valence-electron chi connectivity index (χ3n) is 3.97. The molecule has 3 nitrogen and oxygen atoms in total. The topological polar surface area (TPSA) is 50.1 Å². The van der Waals surface area contributed by atoms with Crippen molar-refractivity contribution >= 4 is 11.9 Å². The third-order valence-corrected chi connectivity index (χ3v) is 5.09. The lowest BCUT2D eigenvalue weighted by Gasteiger charge is -2.26. The summed E-state index contributed by atoms with van der Waals surface area (Å²) in [5.41, 5.74) is 10.4. The summed E-state index contributed by atoms with van der Waals surface area (Å²) in [4.78, 5) is 1.16. The molecule has 0 amide bonds. The number of rotatable bonds is 7. The molecule has 128 valence electrons. The average Bonchev–Trinajstić information content (AvgIpc) is 2.61. The largest absolute Gasteiger partial charge is 0.399 e. The highest BCUT2D eigenvalue weighted by molar-refractivity contribution is 7.97. The van der Waals surface area contributed by atoms with E-state index in [9.17, 15) is 0 Å². The first-order chi connectivity index (χ1) is 11.5. The van der Waals surface area contributed by atoms with E-state index in [1.165, 1.54) is 16.7 Å². The molecule has 0 saturated carbocycles. The molecule has 0 aliphatic rings. The number of nitrogens with one attached hydrogen (secondary N) is 2. The van der Waals surface area contributed by atoms with Gasteiger partial charge in [-0.15, -0.1) is 0 Å². The van der Waals surface area contributed by atoms with Crippen LogP contribution in [-0.4, -0.2) is 12.6 Å². The lowest BCUT2D eigenvalue weighted by molar-refractivity contribution is 0.555. The Hall–Kier alpha value is -1.91. The van der Waals surface area contributed by atoms with E-state index in [1.807, 2.05) is 13.2 Å². The second-order valence-corrected chi connectivity index (χ2v) is 7.18. The number of nitrogens with two attached hydrogens (primary N) is 1. The van der Waals surface area contributed by atoms with Crippen LogP contribution in [0, 0.1) is 0 Å². The summed E-state index contributed by atoms with van der Waals surface area (Å²) in [5, 5.41) is 2.97. The molecule has 4 N–H and O–H groups in total. The summed E-state index contributed by atoms with van der Waals surface area (Å²) in [6.45, 7) is 6.31. The summed E-state index contributed by atoms with van der Waals surface area (Å²) >= 11 is 1.59. The van der Waals surface area contributed by atoms with Gasteiger partial charge in [-0.3, -0.25) is 0 Å². The molecular weight excluding hydrogens is 314 g/mol. The van der Waals surface area contributed by atoms with E-state index in [0.29, 0.717) is 0 Å². The van der Waals surface area contributed by atoms with E-state index in [0.717, 1.165) is 17.0 Å². The van der Waals surface area contributed by atoms with Crippen molar-refractivity contribution in [1.29, 1.82) is 0 Å². The van der Waals surface area contributed by atoms with Gasteiger partial charge in [0.2, 0.25) is 0 Å². The van der Waals surface area contributed by atoms with Gasteiger partial charge < -0.3 is 11.1 Å². The predicted molar refractivity (Wildman–Crippen MR) is 106 cm³/mol. The number of hydrogen-bond acceptors (Lipinski definition) is 4. The second-order valence-electron chi connectivity index (χ2n) is 6.30. The summed E-state index contributed by atoms with van der Waals surface area (Å²) in [6, 6.07) is 17.3. The molecule has 0 spiro atoms. The van der Waals surface area contributed by atoms with Crippen molar-refractivity contribution in [3.8, 4) is 11.1 Å². The van der Waals surface area contributed by atoms with Crippen molar-refractivity contribution in [2.24, 2.45) is 5.73 Å². The smallest absolute Gasteiger partial charge is 0.0636 e. The molecule has 0 unspecified atom stereocenters. The van der Waals surface area contributed by atoms with Gasteiger partial charge in [-0.05, 0) is 61.0 Å². The third kappa shape index (κ3) is 4.79. The number of benzene rings is 2. The Bertz CT molecular complexity index is 690. The zero-order chi connectivity index (χ0) is 17.6. The zero-order valence-electron chi connectivity index (χ0n) is 14.9. The molecule has 0 aliphatic carbocycles. The Morgan fingerprint density at radius 3 is 2.46 bits per heavy atom. The fourth-order valence-electron chi connectivity index (χ4n) is 2.27. The highest BCUT2D eigenvalue weighted by Gasteiger charge is 2.20. The first-order valence-corrected chi connectivity index (χ1v) is 9.04. The van der Waals surface area contributed by atoms with Crippen LogP contribution in [0.25, 0.3) is 11.1 Å². The number of aryl methyl sites for hydroxylation is 1. The SMILES string of the molecule is CCc1cccc(-c2ccc(SNC(C)(C)/C(N)=C/NC)cc2)c1. The summed E-state index contributed by atoms with van der Waals surface area (Å²) in [7, 11) is 1.85.